The molecule has 17 heavy (non-hydrogen) atoms. The third-order valence-corrected chi connectivity index (χ3v) is 3.33. The van der Waals surface area contributed by atoms with E-state index < -0.39 is 0 Å². The molecule has 0 aliphatic rings. The van der Waals surface area contributed by atoms with Crippen molar-refractivity contribution in [1.29, 1.82) is 0 Å². The SMILES string of the molecule is C=CC(=O)OC(CCCCC)CC(CC)CC. The second-order valence-electron chi connectivity index (χ2n) is 4.68. The lowest BCUT2D eigenvalue weighted by molar-refractivity contribution is -0.144. The largest absolute Gasteiger partial charge is 0.459 e. The summed E-state index contributed by atoms with van der Waals surface area (Å²) in [5, 5.41) is 0. The van der Waals surface area contributed by atoms with Crippen molar-refractivity contribution in [3.05, 3.63) is 12.7 Å². The lowest BCUT2D eigenvalue weighted by Gasteiger charge is -2.21. The number of carbonyl (C=O) groups is 1. The number of hydrogen-bond donors (Lipinski definition) is 0. The zero-order valence-corrected chi connectivity index (χ0v) is 11.7. The van der Waals surface area contributed by atoms with Crippen LogP contribution in [0.1, 0.15) is 65.7 Å². The molecule has 2 heteroatoms. The normalized spacial score (nSPS) is 12.5. The predicted octanol–water partition coefficient (Wildman–Crippen LogP) is 4.49. The van der Waals surface area contributed by atoms with Crippen LogP contribution in [0.4, 0.5) is 0 Å². The first-order valence-electron chi connectivity index (χ1n) is 7.00. The average molecular weight is 240 g/mol. The monoisotopic (exact) mass is 240 g/mol. The molecule has 0 aromatic rings. The van der Waals surface area contributed by atoms with E-state index in [1.165, 1.54) is 18.9 Å². The Morgan fingerprint density at radius 1 is 1.24 bits per heavy atom. The van der Waals surface area contributed by atoms with Crippen molar-refractivity contribution >= 4 is 5.97 Å². The molecule has 0 aliphatic heterocycles. The highest BCUT2D eigenvalue weighted by Gasteiger charge is 2.16. The number of carbonyl (C=O) groups excluding carboxylic acids is 1. The smallest absolute Gasteiger partial charge is 0.330 e. The van der Waals surface area contributed by atoms with Gasteiger partial charge in [-0.2, -0.15) is 0 Å². The molecule has 0 fully saturated rings. The Hall–Kier alpha value is -0.790. The van der Waals surface area contributed by atoms with Crippen molar-refractivity contribution in [2.24, 2.45) is 5.92 Å². The maximum absolute atomic E-state index is 11.3. The van der Waals surface area contributed by atoms with Crippen molar-refractivity contribution in [3.8, 4) is 0 Å². The van der Waals surface area contributed by atoms with Gasteiger partial charge in [0.15, 0.2) is 0 Å². The summed E-state index contributed by atoms with van der Waals surface area (Å²) in [4.78, 5) is 11.3. The van der Waals surface area contributed by atoms with Crippen molar-refractivity contribution in [3.63, 3.8) is 0 Å². The van der Waals surface area contributed by atoms with Crippen LogP contribution in [0.5, 0.6) is 0 Å². The van der Waals surface area contributed by atoms with Gasteiger partial charge in [-0.3, -0.25) is 0 Å². The Bertz CT molecular complexity index is 207. The van der Waals surface area contributed by atoms with Crippen LogP contribution in [-0.2, 0) is 9.53 Å². The van der Waals surface area contributed by atoms with E-state index in [0.717, 1.165) is 32.1 Å². The van der Waals surface area contributed by atoms with E-state index in [1.54, 1.807) is 0 Å². The fourth-order valence-corrected chi connectivity index (χ4v) is 2.05. The second kappa shape index (κ2) is 10.4. The highest BCUT2D eigenvalue weighted by molar-refractivity contribution is 5.81. The minimum Gasteiger partial charge on any atom is -0.459 e. The summed E-state index contributed by atoms with van der Waals surface area (Å²) in [5.74, 6) is 0.386. The number of esters is 1. The first kappa shape index (κ1) is 16.2. The third-order valence-electron chi connectivity index (χ3n) is 3.33. The highest BCUT2D eigenvalue weighted by Crippen LogP contribution is 2.20. The lowest BCUT2D eigenvalue weighted by atomic mass is 9.93. The van der Waals surface area contributed by atoms with E-state index in [4.69, 9.17) is 4.74 Å². The minimum absolute atomic E-state index is 0.0805. The molecule has 0 amide bonds. The Kier molecular flexibility index (Phi) is 9.89. The summed E-state index contributed by atoms with van der Waals surface area (Å²) in [6, 6.07) is 0. The average Bonchev–Trinajstić information content (AvgIpc) is 2.35. The van der Waals surface area contributed by atoms with E-state index >= 15 is 0 Å². The third kappa shape index (κ3) is 8.00. The first-order chi connectivity index (χ1) is 8.17. The summed E-state index contributed by atoms with van der Waals surface area (Å²) in [7, 11) is 0. The van der Waals surface area contributed by atoms with Crippen molar-refractivity contribution < 1.29 is 9.53 Å². The molecule has 0 spiro atoms. The van der Waals surface area contributed by atoms with Gasteiger partial charge in [0.1, 0.15) is 6.10 Å². The maximum Gasteiger partial charge on any atom is 0.330 e. The molecule has 100 valence electrons. The van der Waals surface area contributed by atoms with Crippen LogP contribution in [-0.4, -0.2) is 12.1 Å². The fraction of sp³-hybridized carbons (Fsp3) is 0.800. The summed E-state index contributed by atoms with van der Waals surface area (Å²) in [6.45, 7) is 10.0. The van der Waals surface area contributed by atoms with Gasteiger partial charge in [0.2, 0.25) is 0 Å². The van der Waals surface area contributed by atoms with Gasteiger partial charge in [-0.05, 0) is 25.2 Å². The van der Waals surface area contributed by atoms with Crippen molar-refractivity contribution in [1.82, 2.24) is 0 Å². The molecule has 0 rings (SSSR count). The van der Waals surface area contributed by atoms with Crippen LogP contribution in [0, 0.1) is 5.92 Å². The number of unbranched alkanes of at least 4 members (excludes halogenated alkanes) is 2. The predicted molar refractivity (Wildman–Crippen MR) is 72.9 cm³/mol. The van der Waals surface area contributed by atoms with Gasteiger partial charge in [-0.15, -0.1) is 0 Å². The van der Waals surface area contributed by atoms with Crippen molar-refractivity contribution in [2.75, 3.05) is 0 Å². The minimum atomic E-state index is -0.280. The number of hydrogen-bond acceptors (Lipinski definition) is 2. The van der Waals surface area contributed by atoms with Gasteiger partial charge in [0.25, 0.3) is 0 Å². The molecule has 0 heterocycles. The molecule has 0 saturated carbocycles. The molecule has 2 nitrogen and oxygen atoms in total. The van der Waals surface area contributed by atoms with Gasteiger partial charge in [0.05, 0.1) is 0 Å². The zero-order valence-electron chi connectivity index (χ0n) is 11.7. The molecular formula is C15H28O2. The van der Waals surface area contributed by atoms with Crippen molar-refractivity contribution in [2.45, 2.75) is 71.8 Å². The Labute approximate surface area is 106 Å². The molecular weight excluding hydrogens is 212 g/mol. The summed E-state index contributed by atoms with van der Waals surface area (Å²) < 4.78 is 5.42. The standard InChI is InChI=1S/C15H28O2/c1-5-9-10-11-14(17-15(16)8-4)12-13(6-2)7-3/h8,13-14H,4-7,9-12H2,1-3H3. The van der Waals surface area contributed by atoms with Gasteiger partial charge in [-0.1, -0.05) is 53.0 Å². The number of rotatable bonds is 10. The number of ether oxygens (including phenoxy) is 1. The van der Waals surface area contributed by atoms with Crippen LogP contribution in [0.3, 0.4) is 0 Å². The van der Waals surface area contributed by atoms with Crippen LogP contribution in [0.2, 0.25) is 0 Å². The highest BCUT2D eigenvalue weighted by atomic mass is 16.5. The molecule has 0 saturated heterocycles. The molecule has 1 unspecified atom stereocenters. The van der Waals surface area contributed by atoms with Crippen LogP contribution in [0.25, 0.3) is 0 Å². The van der Waals surface area contributed by atoms with Gasteiger partial charge < -0.3 is 4.74 Å². The van der Waals surface area contributed by atoms with E-state index in [2.05, 4.69) is 27.4 Å². The first-order valence-corrected chi connectivity index (χ1v) is 7.00. The Morgan fingerprint density at radius 2 is 1.88 bits per heavy atom. The molecule has 0 aliphatic carbocycles. The summed E-state index contributed by atoms with van der Waals surface area (Å²) >= 11 is 0. The van der Waals surface area contributed by atoms with E-state index in [0.29, 0.717) is 5.92 Å². The molecule has 0 bridgehead atoms. The van der Waals surface area contributed by atoms with Gasteiger partial charge >= 0.3 is 5.97 Å². The Balaban J connectivity index is 4.17. The van der Waals surface area contributed by atoms with Crippen LogP contribution in [0.15, 0.2) is 12.7 Å². The van der Waals surface area contributed by atoms with E-state index in [9.17, 15) is 4.79 Å². The quantitative estimate of drug-likeness (QED) is 0.319. The van der Waals surface area contributed by atoms with Crippen LogP contribution < -0.4 is 0 Å². The molecule has 1 atom stereocenters. The summed E-state index contributed by atoms with van der Waals surface area (Å²) in [5.41, 5.74) is 0. The second-order valence-corrected chi connectivity index (χ2v) is 4.68. The Morgan fingerprint density at radius 3 is 2.35 bits per heavy atom. The molecule has 0 aromatic carbocycles. The molecule has 0 aromatic heterocycles. The molecule has 0 N–H and O–H groups in total. The van der Waals surface area contributed by atoms with E-state index in [1.807, 2.05) is 0 Å². The fourth-order valence-electron chi connectivity index (χ4n) is 2.05. The topological polar surface area (TPSA) is 26.3 Å². The maximum atomic E-state index is 11.3. The lowest BCUT2D eigenvalue weighted by Crippen LogP contribution is -2.20. The van der Waals surface area contributed by atoms with Crippen LogP contribution >= 0.6 is 0 Å². The van der Waals surface area contributed by atoms with Gasteiger partial charge in [-0.25, -0.2) is 4.79 Å². The zero-order chi connectivity index (χ0) is 13.1. The van der Waals surface area contributed by atoms with E-state index in [-0.39, 0.29) is 12.1 Å². The summed E-state index contributed by atoms with van der Waals surface area (Å²) in [6.07, 6.45) is 9.21. The molecule has 0 radical (unpaired) electrons. The van der Waals surface area contributed by atoms with Gasteiger partial charge in [0, 0.05) is 6.08 Å².